The van der Waals surface area contributed by atoms with Crippen molar-refractivity contribution in [2.45, 2.75) is 72.1 Å². The van der Waals surface area contributed by atoms with Crippen LogP contribution in [0.4, 0.5) is 0 Å². The van der Waals surface area contributed by atoms with Gasteiger partial charge in [0, 0.05) is 36.6 Å². The van der Waals surface area contributed by atoms with Crippen molar-refractivity contribution in [3.8, 4) is 0 Å². The zero-order valence-corrected chi connectivity index (χ0v) is 21.0. The summed E-state index contributed by atoms with van der Waals surface area (Å²) in [6, 6.07) is -0.956. The second-order valence-corrected chi connectivity index (χ2v) is 10.4. The number of ether oxygens (including phenoxy) is 2. The smallest absolute Gasteiger partial charge is 0.331 e. The van der Waals surface area contributed by atoms with Crippen molar-refractivity contribution >= 4 is 17.8 Å². The van der Waals surface area contributed by atoms with Crippen LogP contribution in [0, 0.1) is 16.7 Å². The van der Waals surface area contributed by atoms with Gasteiger partial charge in [-0.3, -0.25) is 4.79 Å². The Kier molecular flexibility index (Phi) is 7.56. The van der Waals surface area contributed by atoms with Crippen LogP contribution in [0.2, 0.25) is 0 Å². The van der Waals surface area contributed by atoms with Crippen LogP contribution in [0.1, 0.15) is 53.9 Å². The molecule has 0 spiro atoms. The third-order valence-electron chi connectivity index (χ3n) is 7.81. The van der Waals surface area contributed by atoms with Gasteiger partial charge in [-0.15, -0.1) is 0 Å². The van der Waals surface area contributed by atoms with Gasteiger partial charge in [-0.2, -0.15) is 0 Å². The van der Waals surface area contributed by atoms with Gasteiger partial charge in [-0.1, -0.05) is 57.6 Å². The number of hydrogen-bond acceptors (Lipinski definition) is 5. The number of hydrogen-bond donors (Lipinski definition) is 1. The third kappa shape index (κ3) is 4.50. The molecule has 0 aromatic carbocycles. The Morgan fingerprint density at radius 2 is 1.82 bits per heavy atom. The maximum absolute atomic E-state index is 13.6. The molecular weight excluding hydrogens is 434 g/mol. The van der Waals surface area contributed by atoms with Gasteiger partial charge in [-0.05, 0) is 37.7 Å². The maximum Gasteiger partial charge on any atom is 0.331 e. The molecule has 0 radical (unpaired) electrons. The normalized spacial score (nSPS) is 31.9. The predicted molar refractivity (Wildman–Crippen MR) is 129 cm³/mol. The van der Waals surface area contributed by atoms with E-state index < -0.39 is 35.6 Å². The van der Waals surface area contributed by atoms with E-state index in [1.807, 2.05) is 25.2 Å². The minimum atomic E-state index is -1.05. The molecule has 0 aromatic rings. The number of allylic oxidation sites excluding steroid dienone is 5. The molecule has 186 valence electrons. The fourth-order valence-electron chi connectivity index (χ4n) is 6.40. The first-order chi connectivity index (χ1) is 16.0. The van der Waals surface area contributed by atoms with E-state index in [1.54, 1.807) is 19.3 Å². The molecule has 0 aromatic heterocycles. The summed E-state index contributed by atoms with van der Waals surface area (Å²) in [5.74, 6) is -1.91. The molecule has 3 rings (SSSR count). The van der Waals surface area contributed by atoms with E-state index in [0.29, 0.717) is 5.57 Å². The van der Waals surface area contributed by atoms with Crippen LogP contribution in [0.25, 0.3) is 0 Å². The van der Waals surface area contributed by atoms with E-state index in [-0.39, 0.29) is 23.8 Å². The molecule has 0 unspecified atom stereocenters. The Bertz CT molecular complexity index is 958. The van der Waals surface area contributed by atoms with E-state index in [1.165, 1.54) is 17.9 Å². The van der Waals surface area contributed by atoms with Crippen molar-refractivity contribution in [1.29, 1.82) is 0 Å². The van der Waals surface area contributed by atoms with Gasteiger partial charge in [-0.25, -0.2) is 9.59 Å². The second-order valence-electron chi connectivity index (χ2n) is 10.4. The average molecular weight is 472 g/mol. The van der Waals surface area contributed by atoms with Crippen molar-refractivity contribution in [1.82, 2.24) is 4.90 Å². The minimum Gasteiger partial charge on any atom is -0.480 e. The monoisotopic (exact) mass is 471 g/mol. The molecule has 1 saturated carbocycles. The highest BCUT2D eigenvalue weighted by molar-refractivity contribution is 6.01. The summed E-state index contributed by atoms with van der Waals surface area (Å²) in [5, 5.41) is 9.57. The van der Waals surface area contributed by atoms with Crippen molar-refractivity contribution in [3.63, 3.8) is 0 Å². The number of aliphatic carboxylic acids is 1. The van der Waals surface area contributed by atoms with Gasteiger partial charge >= 0.3 is 11.9 Å². The van der Waals surface area contributed by atoms with E-state index in [9.17, 15) is 19.5 Å². The summed E-state index contributed by atoms with van der Waals surface area (Å²) in [5.41, 5.74) is 0.639. The van der Waals surface area contributed by atoms with Crippen molar-refractivity contribution < 1.29 is 29.0 Å². The van der Waals surface area contributed by atoms with Crippen molar-refractivity contribution in [2.24, 2.45) is 16.7 Å². The van der Waals surface area contributed by atoms with Gasteiger partial charge in [0.25, 0.3) is 5.91 Å². The predicted octanol–water partition coefficient (Wildman–Crippen LogP) is 4.06. The third-order valence-corrected chi connectivity index (χ3v) is 7.81. The van der Waals surface area contributed by atoms with Gasteiger partial charge in [0.1, 0.15) is 18.2 Å². The number of methoxy groups -OCH3 is 1. The van der Waals surface area contributed by atoms with Crippen molar-refractivity contribution in [3.05, 3.63) is 47.6 Å². The fourth-order valence-corrected chi connectivity index (χ4v) is 6.40. The molecule has 0 bridgehead atoms. The summed E-state index contributed by atoms with van der Waals surface area (Å²) in [6.45, 7) is 9.98. The molecule has 3 aliphatic rings. The molecule has 1 amide bonds. The minimum absolute atomic E-state index is 0.155. The molecule has 1 aliphatic heterocycles. The largest absolute Gasteiger partial charge is 0.480 e. The van der Waals surface area contributed by atoms with Gasteiger partial charge < -0.3 is 19.5 Å². The maximum atomic E-state index is 13.6. The topological polar surface area (TPSA) is 93.1 Å². The summed E-state index contributed by atoms with van der Waals surface area (Å²) < 4.78 is 12.0. The van der Waals surface area contributed by atoms with Gasteiger partial charge in [0.2, 0.25) is 0 Å². The van der Waals surface area contributed by atoms with Crippen LogP contribution in [0.5, 0.6) is 0 Å². The van der Waals surface area contributed by atoms with Crippen LogP contribution in [0.15, 0.2) is 47.6 Å². The highest BCUT2D eigenvalue weighted by Crippen LogP contribution is 2.62. The van der Waals surface area contributed by atoms with E-state index >= 15 is 0 Å². The van der Waals surface area contributed by atoms with Gasteiger partial charge in [0.15, 0.2) is 0 Å². The Balaban J connectivity index is 2.03. The summed E-state index contributed by atoms with van der Waals surface area (Å²) in [4.78, 5) is 39.5. The SMILES string of the molecule is C/C=C/C=C/C=C/C(=O)O[C@H]1[C@@H](OC)C2=C(C(=O)N([C@@H](C)C(=O)O)C2)[C@@]2(C)CCCC(C)(C)[C@H]12. The summed E-state index contributed by atoms with van der Waals surface area (Å²) >= 11 is 0. The van der Waals surface area contributed by atoms with Crippen LogP contribution in [-0.4, -0.2) is 59.8 Å². The Hall–Kier alpha value is -2.67. The number of nitrogens with zero attached hydrogens (tertiary/aromatic N) is 1. The van der Waals surface area contributed by atoms with Gasteiger partial charge in [0.05, 0.1) is 0 Å². The summed E-state index contributed by atoms with van der Waals surface area (Å²) in [7, 11) is 1.55. The highest BCUT2D eigenvalue weighted by Gasteiger charge is 2.63. The standard InChI is InChI=1S/C27H37NO6/c1-7-8-9-10-11-13-19(29)34-22-21(33-6)18-16-28(17(2)25(31)32)24(30)20(18)27(5)15-12-14-26(3,4)23(22)27/h7-11,13,17,21-23H,12,14-16H2,1-6H3,(H,31,32)/b8-7+,10-9+,13-11+/t17-,21-,22-,23-,27+/m0/s1. The number of carbonyl (C=O) groups is 3. The lowest BCUT2D eigenvalue weighted by molar-refractivity contribution is -0.173. The lowest BCUT2D eigenvalue weighted by atomic mass is 9.49. The van der Waals surface area contributed by atoms with Crippen molar-refractivity contribution in [2.75, 3.05) is 13.7 Å². The Morgan fingerprint density at radius 1 is 1.15 bits per heavy atom. The average Bonchev–Trinajstić information content (AvgIpc) is 3.10. The van der Waals surface area contributed by atoms with E-state index in [2.05, 4.69) is 20.8 Å². The fraction of sp³-hybridized carbons (Fsp3) is 0.593. The van der Waals surface area contributed by atoms with E-state index in [0.717, 1.165) is 24.8 Å². The number of carbonyl (C=O) groups excluding carboxylic acids is 2. The quantitative estimate of drug-likeness (QED) is 0.342. The number of rotatable bonds is 7. The molecule has 5 atom stereocenters. The van der Waals surface area contributed by atoms with E-state index in [4.69, 9.17) is 9.47 Å². The van der Waals surface area contributed by atoms with Crippen LogP contribution in [-0.2, 0) is 23.9 Å². The number of carboxylic acids is 1. The number of carboxylic acid groups (broad SMARTS) is 1. The van der Waals surface area contributed by atoms with Crippen LogP contribution >= 0.6 is 0 Å². The Morgan fingerprint density at radius 3 is 2.44 bits per heavy atom. The summed E-state index contributed by atoms with van der Waals surface area (Å²) in [6.07, 6.45) is 11.8. The Labute approximate surface area is 202 Å². The molecule has 2 aliphatic carbocycles. The number of fused-ring (bicyclic) bond motifs is 2. The first-order valence-corrected chi connectivity index (χ1v) is 12.0. The second kappa shape index (κ2) is 9.90. The lowest BCUT2D eigenvalue weighted by Crippen LogP contribution is -2.58. The molecule has 1 fully saturated rings. The molecular formula is C27H37NO6. The zero-order chi connectivity index (χ0) is 25.3. The molecule has 34 heavy (non-hydrogen) atoms. The molecule has 1 heterocycles. The number of amides is 1. The first kappa shape index (κ1) is 25.9. The first-order valence-electron chi connectivity index (χ1n) is 12.0. The van der Waals surface area contributed by atoms with Crippen LogP contribution in [0.3, 0.4) is 0 Å². The number of esters is 1. The molecule has 0 saturated heterocycles. The molecule has 1 N–H and O–H groups in total. The molecule has 7 heteroatoms. The van der Waals surface area contributed by atoms with Crippen LogP contribution < -0.4 is 0 Å². The zero-order valence-electron chi connectivity index (χ0n) is 21.0. The highest BCUT2D eigenvalue weighted by atomic mass is 16.6. The molecule has 7 nitrogen and oxygen atoms in total. The lowest BCUT2D eigenvalue weighted by Gasteiger charge is -2.57.